The van der Waals surface area contributed by atoms with E-state index in [9.17, 15) is 22.7 Å². The number of carbonyl (C=O) groups excluding carboxylic acids is 1. The van der Waals surface area contributed by atoms with Gasteiger partial charge in [-0.05, 0) is 25.1 Å². The van der Waals surface area contributed by atoms with Gasteiger partial charge in [-0.3, -0.25) is 4.72 Å². The SMILES string of the molecule is CCS(=O)(=O)Nc1c(C(=O)[O-])[nH]c2ccc(F)cc12. The summed E-state index contributed by atoms with van der Waals surface area (Å²) in [5.74, 6) is -2.42. The first kappa shape index (κ1) is 13.3. The molecule has 0 spiro atoms. The summed E-state index contributed by atoms with van der Waals surface area (Å²) < 4.78 is 38.4. The summed E-state index contributed by atoms with van der Waals surface area (Å²) >= 11 is 0. The lowest BCUT2D eigenvalue weighted by atomic mass is 10.2. The summed E-state index contributed by atoms with van der Waals surface area (Å²) in [5, 5.41) is 11.1. The number of hydrogen-bond donors (Lipinski definition) is 2. The molecule has 0 aliphatic heterocycles. The molecular weight excluding hydrogens is 275 g/mol. The fourth-order valence-corrected chi connectivity index (χ4v) is 2.32. The highest BCUT2D eigenvalue weighted by atomic mass is 32.2. The van der Waals surface area contributed by atoms with E-state index in [1.807, 2.05) is 0 Å². The van der Waals surface area contributed by atoms with Crippen LogP contribution in [0.5, 0.6) is 0 Å². The molecular formula is C11H10FN2O4S-. The van der Waals surface area contributed by atoms with Crippen LogP contribution in [-0.4, -0.2) is 25.1 Å². The number of anilines is 1. The molecule has 19 heavy (non-hydrogen) atoms. The molecule has 0 unspecified atom stereocenters. The van der Waals surface area contributed by atoms with Gasteiger partial charge in [-0.1, -0.05) is 0 Å². The molecule has 0 saturated heterocycles. The highest BCUT2D eigenvalue weighted by molar-refractivity contribution is 7.92. The van der Waals surface area contributed by atoms with Crippen molar-refractivity contribution in [3.63, 3.8) is 0 Å². The third-order valence-corrected chi connectivity index (χ3v) is 3.88. The van der Waals surface area contributed by atoms with Crippen LogP contribution in [0.2, 0.25) is 0 Å². The lowest BCUT2D eigenvalue weighted by Crippen LogP contribution is -2.25. The van der Waals surface area contributed by atoms with Crippen molar-refractivity contribution in [3.8, 4) is 0 Å². The monoisotopic (exact) mass is 285 g/mol. The van der Waals surface area contributed by atoms with Gasteiger partial charge >= 0.3 is 0 Å². The van der Waals surface area contributed by atoms with Crippen molar-refractivity contribution in [2.45, 2.75) is 6.92 Å². The van der Waals surface area contributed by atoms with Gasteiger partial charge in [0, 0.05) is 10.9 Å². The van der Waals surface area contributed by atoms with Crippen LogP contribution in [0.15, 0.2) is 18.2 Å². The third kappa shape index (κ3) is 2.53. The van der Waals surface area contributed by atoms with Gasteiger partial charge in [0.05, 0.1) is 23.1 Å². The van der Waals surface area contributed by atoms with Gasteiger partial charge in [-0.25, -0.2) is 12.8 Å². The molecule has 0 fully saturated rings. The van der Waals surface area contributed by atoms with Crippen molar-refractivity contribution in [1.29, 1.82) is 0 Å². The number of benzene rings is 1. The van der Waals surface area contributed by atoms with E-state index >= 15 is 0 Å². The van der Waals surface area contributed by atoms with Crippen molar-refractivity contribution >= 4 is 32.6 Å². The molecule has 2 N–H and O–H groups in total. The fraction of sp³-hybridized carbons (Fsp3) is 0.182. The van der Waals surface area contributed by atoms with Crippen LogP contribution in [0, 0.1) is 5.82 Å². The maximum atomic E-state index is 13.2. The van der Waals surface area contributed by atoms with E-state index < -0.39 is 27.5 Å². The smallest absolute Gasteiger partial charge is 0.232 e. The second-order valence-electron chi connectivity index (χ2n) is 3.86. The Morgan fingerprint density at radius 3 is 2.74 bits per heavy atom. The van der Waals surface area contributed by atoms with Crippen LogP contribution in [0.1, 0.15) is 17.4 Å². The van der Waals surface area contributed by atoms with E-state index in [0.717, 1.165) is 12.1 Å². The number of fused-ring (bicyclic) bond motifs is 1. The normalized spacial score (nSPS) is 11.7. The molecule has 0 aliphatic carbocycles. The van der Waals surface area contributed by atoms with Crippen LogP contribution in [0.4, 0.5) is 10.1 Å². The first-order valence-electron chi connectivity index (χ1n) is 5.37. The van der Waals surface area contributed by atoms with Gasteiger partial charge in [0.25, 0.3) is 0 Å². The Bertz CT molecular complexity index is 751. The number of carboxylic acid groups (broad SMARTS) is 1. The molecule has 0 bridgehead atoms. The second kappa shape index (κ2) is 4.54. The molecule has 0 radical (unpaired) electrons. The summed E-state index contributed by atoms with van der Waals surface area (Å²) in [4.78, 5) is 13.5. The number of aromatic nitrogens is 1. The number of carboxylic acids is 1. The van der Waals surface area contributed by atoms with E-state index in [-0.39, 0.29) is 16.8 Å². The number of H-pyrrole nitrogens is 1. The Labute approximate surface area is 108 Å². The zero-order valence-electron chi connectivity index (χ0n) is 9.86. The number of aromatic amines is 1. The first-order chi connectivity index (χ1) is 8.84. The van der Waals surface area contributed by atoms with Crippen LogP contribution in [0.3, 0.4) is 0 Å². The fourth-order valence-electron chi connectivity index (χ4n) is 1.65. The minimum absolute atomic E-state index is 0.135. The summed E-state index contributed by atoms with van der Waals surface area (Å²) in [5.41, 5.74) is -0.344. The molecule has 0 saturated carbocycles. The van der Waals surface area contributed by atoms with E-state index in [4.69, 9.17) is 0 Å². The second-order valence-corrected chi connectivity index (χ2v) is 5.87. The molecule has 1 heterocycles. The van der Waals surface area contributed by atoms with Crippen molar-refractivity contribution in [2.24, 2.45) is 0 Å². The van der Waals surface area contributed by atoms with Crippen molar-refractivity contribution in [1.82, 2.24) is 4.98 Å². The highest BCUT2D eigenvalue weighted by Crippen LogP contribution is 2.29. The zero-order chi connectivity index (χ0) is 14.2. The maximum Gasteiger partial charge on any atom is 0.232 e. The first-order valence-corrected chi connectivity index (χ1v) is 7.02. The topological polar surface area (TPSA) is 102 Å². The van der Waals surface area contributed by atoms with E-state index in [0.29, 0.717) is 5.52 Å². The highest BCUT2D eigenvalue weighted by Gasteiger charge is 2.17. The van der Waals surface area contributed by atoms with Gasteiger partial charge in [-0.15, -0.1) is 0 Å². The van der Waals surface area contributed by atoms with Gasteiger partial charge < -0.3 is 14.9 Å². The van der Waals surface area contributed by atoms with Crippen molar-refractivity contribution in [2.75, 3.05) is 10.5 Å². The third-order valence-electron chi connectivity index (χ3n) is 2.60. The minimum atomic E-state index is -3.69. The van der Waals surface area contributed by atoms with E-state index in [1.54, 1.807) is 0 Å². The number of halogens is 1. The molecule has 0 atom stereocenters. The van der Waals surface area contributed by atoms with Crippen LogP contribution in [0.25, 0.3) is 10.9 Å². The molecule has 1 aromatic heterocycles. The number of nitrogens with one attached hydrogen (secondary N) is 2. The van der Waals surface area contributed by atoms with Crippen LogP contribution in [-0.2, 0) is 10.0 Å². The Morgan fingerprint density at radius 2 is 2.16 bits per heavy atom. The summed E-state index contributed by atoms with van der Waals surface area (Å²) in [6.45, 7) is 1.40. The standard InChI is InChI=1S/C11H11FN2O4S/c1-2-19(17,18)14-9-7-5-6(12)3-4-8(7)13-10(9)11(15)16/h3-5,13-14H,2H2,1H3,(H,15,16)/p-1. The molecule has 6 nitrogen and oxygen atoms in total. The average Bonchev–Trinajstić information content (AvgIpc) is 2.67. The van der Waals surface area contributed by atoms with Gasteiger partial charge in [0.2, 0.25) is 10.0 Å². The number of aromatic carboxylic acids is 1. The maximum absolute atomic E-state index is 13.2. The summed E-state index contributed by atoms with van der Waals surface area (Å²) in [6.07, 6.45) is 0. The quantitative estimate of drug-likeness (QED) is 0.850. The number of sulfonamides is 1. The number of carbonyl (C=O) groups is 1. The minimum Gasteiger partial charge on any atom is -0.543 e. The Morgan fingerprint density at radius 1 is 1.47 bits per heavy atom. The van der Waals surface area contributed by atoms with Crippen molar-refractivity contribution < 1.29 is 22.7 Å². The Kier molecular flexibility index (Phi) is 3.19. The predicted octanol–water partition coefficient (Wildman–Crippen LogP) is 0.432. The Hall–Kier alpha value is -2.09. The molecule has 0 amide bonds. The lowest BCUT2D eigenvalue weighted by molar-refractivity contribution is -0.255. The summed E-state index contributed by atoms with van der Waals surface area (Å²) in [7, 11) is -3.69. The molecule has 1 aromatic carbocycles. The van der Waals surface area contributed by atoms with Crippen molar-refractivity contribution in [3.05, 3.63) is 29.7 Å². The number of hydrogen-bond acceptors (Lipinski definition) is 4. The van der Waals surface area contributed by atoms with Gasteiger partial charge in [-0.2, -0.15) is 0 Å². The molecule has 2 rings (SSSR count). The molecule has 0 aliphatic rings. The summed E-state index contributed by atoms with van der Waals surface area (Å²) in [6, 6.07) is 3.50. The van der Waals surface area contributed by atoms with E-state index in [2.05, 4.69) is 9.71 Å². The molecule has 102 valence electrons. The Balaban J connectivity index is 2.71. The van der Waals surface area contributed by atoms with E-state index in [1.165, 1.54) is 13.0 Å². The van der Waals surface area contributed by atoms with Gasteiger partial charge in [0.15, 0.2) is 0 Å². The average molecular weight is 285 g/mol. The van der Waals surface area contributed by atoms with Crippen LogP contribution >= 0.6 is 0 Å². The van der Waals surface area contributed by atoms with Gasteiger partial charge in [0.1, 0.15) is 5.82 Å². The largest absolute Gasteiger partial charge is 0.543 e. The lowest BCUT2D eigenvalue weighted by Gasteiger charge is -2.08. The molecule has 8 heteroatoms. The molecule has 2 aromatic rings. The number of rotatable bonds is 4. The van der Waals surface area contributed by atoms with Crippen LogP contribution < -0.4 is 9.83 Å². The predicted molar refractivity (Wildman–Crippen MR) is 65.7 cm³/mol. The zero-order valence-corrected chi connectivity index (χ0v) is 10.7.